The van der Waals surface area contributed by atoms with E-state index in [1.165, 1.54) is 11.1 Å². The third-order valence-corrected chi connectivity index (χ3v) is 4.55. The fraction of sp³-hybridized carbons (Fsp3) is 0.368. The fourth-order valence-corrected chi connectivity index (χ4v) is 3.04. The van der Waals surface area contributed by atoms with Gasteiger partial charge in [0.1, 0.15) is 0 Å². The minimum Gasteiger partial charge on any atom is -0.126 e. The van der Waals surface area contributed by atoms with Crippen molar-refractivity contribution in [1.29, 1.82) is 0 Å². The second kappa shape index (κ2) is 6.85. The predicted octanol–water partition coefficient (Wildman–Crippen LogP) is 6.20. The second-order valence-electron chi connectivity index (χ2n) is 6.52. The summed E-state index contributed by atoms with van der Waals surface area (Å²) in [5, 5.41) is 0.800. The molecule has 0 spiro atoms. The van der Waals surface area contributed by atoms with Crippen molar-refractivity contribution in [2.24, 2.45) is 0 Å². The SMILES string of the molecule is CC(C)(C)c1ccc(CC(CCl)c2ccccc2Cl)cc1. The third kappa shape index (κ3) is 4.25. The normalized spacial score (nSPS) is 13.2. The van der Waals surface area contributed by atoms with E-state index in [0.29, 0.717) is 5.88 Å². The molecule has 0 bridgehead atoms. The van der Waals surface area contributed by atoms with Crippen molar-refractivity contribution >= 4 is 23.2 Å². The Hall–Kier alpha value is -0.980. The maximum Gasteiger partial charge on any atom is 0.0441 e. The number of halogens is 2. The summed E-state index contributed by atoms with van der Waals surface area (Å²) in [6.07, 6.45) is 0.914. The van der Waals surface area contributed by atoms with Gasteiger partial charge in [0.15, 0.2) is 0 Å². The van der Waals surface area contributed by atoms with Crippen molar-refractivity contribution in [3.63, 3.8) is 0 Å². The van der Waals surface area contributed by atoms with E-state index < -0.39 is 0 Å². The van der Waals surface area contributed by atoms with Gasteiger partial charge in [0.05, 0.1) is 0 Å². The molecule has 2 rings (SSSR count). The number of alkyl halides is 1. The molecule has 0 heterocycles. The molecule has 0 radical (unpaired) electrons. The molecule has 1 unspecified atom stereocenters. The maximum absolute atomic E-state index is 6.29. The molecule has 0 aliphatic rings. The van der Waals surface area contributed by atoms with E-state index in [1.807, 2.05) is 18.2 Å². The molecule has 2 heteroatoms. The van der Waals surface area contributed by atoms with Gasteiger partial charge in [0, 0.05) is 16.8 Å². The average molecular weight is 321 g/mol. The molecule has 0 amide bonds. The fourth-order valence-electron chi connectivity index (χ4n) is 2.48. The monoisotopic (exact) mass is 320 g/mol. The van der Waals surface area contributed by atoms with E-state index in [2.05, 4.69) is 51.1 Å². The molecule has 0 saturated carbocycles. The Balaban J connectivity index is 2.18. The van der Waals surface area contributed by atoms with Crippen LogP contribution in [-0.4, -0.2) is 5.88 Å². The maximum atomic E-state index is 6.29. The Morgan fingerprint density at radius 1 is 0.952 bits per heavy atom. The van der Waals surface area contributed by atoms with Crippen LogP contribution in [0, 0.1) is 0 Å². The standard InChI is InChI=1S/C19H22Cl2/c1-19(2,3)16-10-8-14(9-11-16)12-15(13-20)17-6-4-5-7-18(17)21/h4-11,15H,12-13H2,1-3H3. The lowest BCUT2D eigenvalue weighted by Crippen LogP contribution is -2.11. The van der Waals surface area contributed by atoms with Crippen LogP contribution in [0.25, 0.3) is 0 Å². The van der Waals surface area contributed by atoms with Crippen molar-refractivity contribution in [2.45, 2.75) is 38.5 Å². The summed E-state index contributed by atoms with van der Waals surface area (Å²) >= 11 is 12.5. The quantitative estimate of drug-likeness (QED) is 0.588. The van der Waals surface area contributed by atoms with Crippen molar-refractivity contribution in [3.05, 3.63) is 70.2 Å². The highest BCUT2D eigenvalue weighted by atomic mass is 35.5. The second-order valence-corrected chi connectivity index (χ2v) is 7.24. The number of benzene rings is 2. The van der Waals surface area contributed by atoms with Crippen LogP contribution in [0.15, 0.2) is 48.5 Å². The van der Waals surface area contributed by atoms with Gasteiger partial charge in [-0.3, -0.25) is 0 Å². The Bertz CT molecular complexity index is 579. The van der Waals surface area contributed by atoms with Crippen LogP contribution in [0.4, 0.5) is 0 Å². The Morgan fingerprint density at radius 3 is 2.10 bits per heavy atom. The highest BCUT2D eigenvalue weighted by molar-refractivity contribution is 6.31. The molecule has 0 aromatic heterocycles. The number of rotatable bonds is 4. The summed E-state index contributed by atoms with van der Waals surface area (Å²) in [4.78, 5) is 0. The van der Waals surface area contributed by atoms with E-state index in [0.717, 1.165) is 17.0 Å². The smallest absolute Gasteiger partial charge is 0.0441 e. The van der Waals surface area contributed by atoms with Gasteiger partial charge in [-0.15, -0.1) is 11.6 Å². The largest absolute Gasteiger partial charge is 0.126 e. The van der Waals surface area contributed by atoms with Crippen molar-refractivity contribution < 1.29 is 0 Å². The number of hydrogen-bond acceptors (Lipinski definition) is 0. The van der Waals surface area contributed by atoms with Gasteiger partial charge < -0.3 is 0 Å². The van der Waals surface area contributed by atoms with E-state index in [4.69, 9.17) is 23.2 Å². The van der Waals surface area contributed by atoms with Crippen LogP contribution in [0.5, 0.6) is 0 Å². The Labute approximate surface area is 138 Å². The molecular weight excluding hydrogens is 299 g/mol. The topological polar surface area (TPSA) is 0 Å². The first-order valence-corrected chi connectivity index (χ1v) is 8.23. The molecule has 0 fully saturated rings. The van der Waals surface area contributed by atoms with Crippen LogP contribution in [-0.2, 0) is 11.8 Å². The highest BCUT2D eigenvalue weighted by Crippen LogP contribution is 2.29. The Morgan fingerprint density at radius 2 is 1.57 bits per heavy atom. The summed E-state index contributed by atoms with van der Waals surface area (Å²) in [6.45, 7) is 6.69. The summed E-state index contributed by atoms with van der Waals surface area (Å²) in [7, 11) is 0. The molecule has 0 N–H and O–H groups in total. The van der Waals surface area contributed by atoms with Crippen LogP contribution in [0.3, 0.4) is 0 Å². The van der Waals surface area contributed by atoms with Gasteiger partial charge in [-0.2, -0.15) is 0 Å². The van der Waals surface area contributed by atoms with Gasteiger partial charge in [-0.25, -0.2) is 0 Å². The van der Waals surface area contributed by atoms with E-state index in [-0.39, 0.29) is 11.3 Å². The van der Waals surface area contributed by atoms with E-state index in [1.54, 1.807) is 0 Å². The van der Waals surface area contributed by atoms with Crippen molar-refractivity contribution in [3.8, 4) is 0 Å². The first-order valence-electron chi connectivity index (χ1n) is 7.31. The Kier molecular flexibility index (Phi) is 5.35. The minimum atomic E-state index is 0.188. The summed E-state index contributed by atoms with van der Waals surface area (Å²) in [6, 6.07) is 16.8. The van der Waals surface area contributed by atoms with Gasteiger partial charge in [0.2, 0.25) is 0 Å². The molecule has 112 valence electrons. The first kappa shape index (κ1) is 16.4. The van der Waals surface area contributed by atoms with Gasteiger partial charge in [0.25, 0.3) is 0 Å². The summed E-state index contributed by atoms with van der Waals surface area (Å²) < 4.78 is 0. The van der Waals surface area contributed by atoms with Gasteiger partial charge >= 0.3 is 0 Å². The van der Waals surface area contributed by atoms with Crippen molar-refractivity contribution in [2.75, 3.05) is 5.88 Å². The molecule has 2 aromatic carbocycles. The molecule has 0 aliphatic carbocycles. The predicted molar refractivity (Wildman–Crippen MR) is 93.8 cm³/mol. The molecule has 1 atom stereocenters. The molecule has 0 nitrogen and oxygen atoms in total. The van der Waals surface area contributed by atoms with Crippen LogP contribution < -0.4 is 0 Å². The lowest BCUT2D eigenvalue weighted by molar-refractivity contribution is 0.589. The van der Waals surface area contributed by atoms with E-state index in [9.17, 15) is 0 Å². The molecule has 21 heavy (non-hydrogen) atoms. The summed E-state index contributed by atoms with van der Waals surface area (Å²) in [5.74, 6) is 0.825. The lowest BCUT2D eigenvalue weighted by Gasteiger charge is -2.20. The average Bonchev–Trinajstić information content (AvgIpc) is 2.45. The number of hydrogen-bond donors (Lipinski definition) is 0. The first-order chi connectivity index (χ1) is 9.91. The van der Waals surface area contributed by atoms with Gasteiger partial charge in [-0.05, 0) is 34.6 Å². The highest BCUT2D eigenvalue weighted by Gasteiger charge is 2.16. The minimum absolute atomic E-state index is 0.188. The third-order valence-electron chi connectivity index (χ3n) is 3.83. The zero-order chi connectivity index (χ0) is 15.5. The molecule has 0 saturated heterocycles. The molecule has 2 aromatic rings. The lowest BCUT2D eigenvalue weighted by atomic mass is 9.85. The van der Waals surface area contributed by atoms with Crippen LogP contribution in [0.2, 0.25) is 5.02 Å². The summed E-state index contributed by atoms with van der Waals surface area (Å²) in [5.41, 5.74) is 3.97. The van der Waals surface area contributed by atoms with Crippen molar-refractivity contribution in [1.82, 2.24) is 0 Å². The zero-order valence-corrected chi connectivity index (χ0v) is 14.4. The van der Waals surface area contributed by atoms with Gasteiger partial charge in [-0.1, -0.05) is 74.8 Å². The molecule has 0 aliphatic heterocycles. The van der Waals surface area contributed by atoms with Crippen LogP contribution >= 0.6 is 23.2 Å². The molecular formula is C19H22Cl2. The van der Waals surface area contributed by atoms with Crippen LogP contribution in [0.1, 0.15) is 43.4 Å². The van der Waals surface area contributed by atoms with E-state index >= 15 is 0 Å². The zero-order valence-electron chi connectivity index (χ0n) is 12.9.